The minimum atomic E-state index is 0.768. The third-order valence-electron chi connectivity index (χ3n) is 2.27. The molecule has 0 saturated carbocycles. The predicted octanol–water partition coefficient (Wildman–Crippen LogP) is 1.05. The summed E-state index contributed by atoms with van der Waals surface area (Å²) in [6, 6.07) is 2.03. The monoisotopic (exact) mass is 163 g/mol. The molecule has 0 bridgehead atoms. The summed E-state index contributed by atoms with van der Waals surface area (Å²) in [5.41, 5.74) is 7.70. The first-order chi connectivity index (χ1) is 5.77. The highest BCUT2D eigenvalue weighted by Gasteiger charge is 2.14. The summed E-state index contributed by atoms with van der Waals surface area (Å²) in [4.78, 5) is 6.48. The summed E-state index contributed by atoms with van der Waals surface area (Å²) in [5, 5.41) is 0. The van der Waals surface area contributed by atoms with Crippen LogP contribution >= 0.6 is 0 Å². The molecule has 0 saturated heterocycles. The minimum absolute atomic E-state index is 0.768. The smallest absolute Gasteiger partial charge is 0.131 e. The van der Waals surface area contributed by atoms with Gasteiger partial charge in [-0.3, -0.25) is 0 Å². The lowest BCUT2D eigenvalue weighted by Crippen LogP contribution is -2.25. The SMILES string of the molecule is CN1CCCc2cc(N)cnc21. The number of aryl methyl sites for hydroxylation is 1. The molecular weight excluding hydrogens is 150 g/mol. The van der Waals surface area contributed by atoms with Crippen molar-refractivity contribution < 1.29 is 0 Å². The summed E-state index contributed by atoms with van der Waals surface area (Å²) in [7, 11) is 2.07. The minimum Gasteiger partial charge on any atom is -0.397 e. The molecule has 0 aromatic carbocycles. The first-order valence-electron chi connectivity index (χ1n) is 4.23. The van der Waals surface area contributed by atoms with Gasteiger partial charge in [0, 0.05) is 13.6 Å². The van der Waals surface area contributed by atoms with Crippen molar-refractivity contribution in [2.45, 2.75) is 12.8 Å². The first kappa shape index (κ1) is 7.40. The van der Waals surface area contributed by atoms with E-state index in [2.05, 4.69) is 16.9 Å². The standard InChI is InChI=1S/C9H13N3/c1-12-4-2-3-7-5-8(10)6-11-9(7)12/h5-6H,2-4,10H2,1H3. The topological polar surface area (TPSA) is 42.1 Å². The van der Waals surface area contributed by atoms with E-state index in [0.29, 0.717) is 0 Å². The van der Waals surface area contributed by atoms with E-state index < -0.39 is 0 Å². The van der Waals surface area contributed by atoms with Crippen molar-refractivity contribution in [2.75, 3.05) is 24.2 Å². The summed E-state index contributed by atoms with van der Waals surface area (Å²) in [6.07, 6.45) is 4.03. The second-order valence-electron chi connectivity index (χ2n) is 3.28. The van der Waals surface area contributed by atoms with Gasteiger partial charge in [-0.1, -0.05) is 0 Å². The predicted molar refractivity (Wildman–Crippen MR) is 50.2 cm³/mol. The van der Waals surface area contributed by atoms with Gasteiger partial charge in [0.1, 0.15) is 5.82 Å². The third kappa shape index (κ3) is 1.11. The van der Waals surface area contributed by atoms with E-state index in [1.807, 2.05) is 6.07 Å². The molecular formula is C9H13N3. The number of rotatable bonds is 0. The highest BCUT2D eigenvalue weighted by atomic mass is 15.2. The van der Waals surface area contributed by atoms with E-state index in [1.165, 1.54) is 12.0 Å². The molecule has 2 heterocycles. The highest BCUT2D eigenvalue weighted by molar-refractivity contribution is 5.54. The van der Waals surface area contributed by atoms with E-state index in [0.717, 1.165) is 24.5 Å². The molecule has 0 fully saturated rings. The number of fused-ring (bicyclic) bond motifs is 1. The van der Waals surface area contributed by atoms with Crippen LogP contribution in [0.1, 0.15) is 12.0 Å². The molecule has 0 unspecified atom stereocenters. The van der Waals surface area contributed by atoms with Crippen molar-refractivity contribution in [2.24, 2.45) is 0 Å². The van der Waals surface area contributed by atoms with Crippen LogP contribution in [0.15, 0.2) is 12.3 Å². The van der Waals surface area contributed by atoms with Crippen LogP contribution < -0.4 is 10.6 Å². The van der Waals surface area contributed by atoms with Crippen molar-refractivity contribution in [3.8, 4) is 0 Å². The molecule has 3 heteroatoms. The van der Waals surface area contributed by atoms with Crippen LogP contribution in [0.2, 0.25) is 0 Å². The number of nitrogen functional groups attached to an aromatic ring is 1. The van der Waals surface area contributed by atoms with Crippen LogP contribution in [0.3, 0.4) is 0 Å². The van der Waals surface area contributed by atoms with Gasteiger partial charge >= 0.3 is 0 Å². The van der Waals surface area contributed by atoms with E-state index in [4.69, 9.17) is 5.73 Å². The number of aromatic nitrogens is 1. The summed E-state index contributed by atoms with van der Waals surface area (Å²) < 4.78 is 0. The van der Waals surface area contributed by atoms with Crippen molar-refractivity contribution in [1.82, 2.24) is 4.98 Å². The van der Waals surface area contributed by atoms with Gasteiger partial charge < -0.3 is 10.6 Å². The van der Waals surface area contributed by atoms with E-state index in [9.17, 15) is 0 Å². The molecule has 1 aromatic heterocycles. The van der Waals surface area contributed by atoms with E-state index >= 15 is 0 Å². The van der Waals surface area contributed by atoms with Gasteiger partial charge in [-0.2, -0.15) is 0 Å². The highest BCUT2D eigenvalue weighted by Crippen LogP contribution is 2.24. The molecule has 0 aliphatic carbocycles. The Bertz CT molecular complexity index is 296. The Balaban J connectivity index is 2.46. The van der Waals surface area contributed by atoms with Crippen molar-refractivity contribution in [3.05, 3.63) is 17.8 Å². The van der Waals surface area contributed by atoms with Crippen molar-refractivity contribution in [1.29, 1.82) is 0 Å². The molecule has 1 aliphatic rings. The molecule has 2 N–H and O–H groups in total. The lowest BCUT2D eigenvalue weighted by atomic mass is 10.1. The fourth-order valence-corrected chi connectivity index (χ4v) is 1.66. The van der Waals surface area contributed by atoms with Crippen molar-refractivity contribution >= 4 is 11.5 Å². The van der Waals surface area contributed by atoms with Crippen LogP contribution in [0.5, 0.6) is 0 Å². The maximum atomic E-state index is 5.65. The second kappa shape index (κ2) is 2.66. The Morgan fingerprint density at radius 2 is 2.42 bits per heavy atom. The van der Waals surface area contributed by atoms with Gasteiger partial charge in [0.25, 0.3) is 0 Å². The summed E-state index contributed by atoms with van der Waals surface area (Å²) >= 11 is 0. The van der Waals surface area contributed by atoms with Gasteiger partial charge in [-0.25, -0.2) is 4.98 Å². The molecule has 1 aromatic rings. The van der Waals surface area contributed by atoms with E-state index in [-0.39, 0.29) is 0 Å². The Kier molecular flexibility index (Phi) is 1.64. The average Bonchev–Trinajstić information content (AvgIpc) is 2.04. The Hall–Kier alpha value is -1.25. The Labute approximate surface area is 72.2 Å². The zero-order valence-corrected chi connectivity index (χ0v) is 7.25. The molecule has 1 aliphatic heterocycles. The second-order valence-corrected chi connectivity index (χ2v) is 3.28. The zero-order chi connectivity index (χ0) is 8.55. The fraction of sp³-hybridized carbons (Fsp3) is 0.444. The largest absolute Gasteiger partial charge is 0.397 e. The number of hydrogen-bond acceptors (Lipinski definition) is 3. The number of pyridine rings is 1. The van der Waals surface area contributed by atoms with Crippen LogP contribution in [0.4, 0.5) is 11.5 Å². The molecule has 2 rings (SSSR count). The number of nitrogens with zero attached hydrogens (tertiary/aromatic N) is 2. The van der Waals surface area contributed by atoms with Crippen LogP contribution in [-0.4, -0.2) is 18.6 Å². The van der Waals surface area contributed by atoms with Gasteiger partial charge in [0.15, 0.2) is 0 Å². The van der Waals surface area contributed by atoms with Crippen molar-refractivity contribution in [3.63, 3.8) is 0 Å². The molecule has 3 nitrogen and oxygen atoms in total. The molecule has 64 valence electrons. The average molecular weight is 163 g/mol. The normalized spacial score (nSPS) is 15.9. The Morgan fingerprint density at radius 1 is 1.58 bits per heavy atom. The molecule has 0 radical (unpaired) electrons. The van der Waals surface area contributed by atoms with Gasteiger partial charge in [0.2, 0.25) is 0 Å². The summed E-state index contributed by atoms with van der Waals surface area (Å²) in [5.74, 6) is 1.09. The van der Waals surface area contributed by atoms with E-state index in [1.54, 1.807) is 6.20 Å². The molecule has 0 amide bonds. The molecule has 0 spiro atoms. The van der Waals surface area contributed by atoms with Crippen LogP contribution in [0, 0.1) is 0 Å². The van der Waals surface area contributed by atoms with Gasteiger partial charge in [0.05, 0.1) is 11.9 Å². The third-order valence-corrected chi connectivity index (χ3v) is 2.27. The lowest BCUT2D eigenvalue weighted by molar-refractivity contribution is 0.731. The number of nitrogens with two attached hydrogens (primary N) is 1. The molecule has 12 heavy (non-hydrogen) atoms. The molecule has 0 atom stereocenters. The van der Waals surface area contributed by atoms with Crippen LogP contribution in [-0.2, 0) is 6.42 Å². The maximum Gasteiger partial charge on any atom is 0.131 e. The lowest BCUT2D eigenvalue weighted by Gasteiger charge is -2.25. The summed E-state index contributed by atoms with van der Waals surface area (Å²) in [6.45, 7) is 1.10. The zero-order valence-electron chi connectivity index (χ0n) is 7.25. The number of hydrogen-bond donors (Lipinski definition) is 1. The first-order valence-corrected chi connectivity index (χ1v) is 4.23. The quantitative estimate of drug-likeness (QED) is 0.621. The van der Waals surface area contributed by atoms with Gasteiger partial charge in [-0.05, 0) is 24.5 Å². The van der Waals surface area contributed by atoms with Gasteiger partial charge in [-0.15, -0.1) is 0 Å². The Morgan fingerprint density at radius 3 is 3.25 bits per heavy atom. The fourth-order valence-electron chi connectivity index (χ4n) is 1.66. The van der Waals surface area contributed by atoms with Crippen LogP contribution in [0.25, 0.3) is 0 Å². The maximum absolute atomic E-state index is 5.65. The number of anilines is 2.